The smallest absolute Gasteiger partial charge is 0.337 e. The minimum absolute atomic E-state index is 0.208. The highest BCUT2D eigenvalue weighted by molar-refractivity contribution is 4.83. The number of hydrogen-bond donors (Lipinski definition) is 0. The summed E-state index contributed by atoms with van der Waals surface area (Å²) in [7, 11) is 1.63. The van der Waals surface area contributed by atoms with Crippen LogP contribution in [0.25, 0.3) is 0 Å². The molecule has 0 amide bonds. The van der Waals surface area contributed by atoms with Gasteiger partial charge < -0.3 is 4.52 Å². The van der Waals surface area contributed by atoms with Crippen LogP contribution in [0.4, 0.5) is 0 Å². The summed E-state index contributed by atoms with van der Waals surface area (Å²) in [6.07, 6.45) is 1.44. The summed E-state index contributed by atoms with van der Waals surface area (Å²) in [6.45, 7) is 1.93. The van der Waals surface area contributed by atoms with Gasteiger partial charge in [0.25, 0.3) is 0 Å². The monoisotopic (exact) mass is 195 g/mol. The zero-order chi connectivity index (χ0) is 10.1. The molecule has 0 saturated carbocycles. The van der Waals surface area contributed by atoms with Gasteiger partial charge in [-0.3, -0.25) is 4.57 Å². The molecule has 7 heteroatoms. The fourth-order valence-corrected chi connectivity index (χ4v) is 1.06. The minimum atomic E-state index is -0.208. The minimum Gasteiger partial charge on any atom is -0.337 e. The summed E-state index contributed by atoms with van der Waals surface area (Å²) in [5.41, 5.74) is -0.208. The highest BCUT2D eigenvalue weighted by atomic mass is 16.5. The number of nitrogens with zero attached hydrogens (tertiary/aromatic N) is 5. The lowest BCUT2D eigenvalue weighted by molar-refractivity contribution is 0.360. The van der Waals surface area contributed by atoms with Crippen LogP contribution in [0.5, 0.6) is 0 Å². The fraction of sp³-hybridized carbons (Fsp3) is 0.429. The van der Waals surface area contributed by atoms with Gasteiger partial charge in [-0.25, -0.2) is 9.48 Å². The average molecular weight is 195 g/mol. The Morgan fingerprint density at radius 1 is 1.57 bits per heavy atom. The Balaban J connectivity index is 2.27. The van der Waals surface area contributed by atoms with E-state index in [4.69, 9.17) is 4.52 Å². The summed E-state index contributed by atoms with van der Waals surface area (Å²) < 4.78 is 7.50. The molecule has 0 bridgehead atoms. The van der Waals surface area contributed by atoms with Gasteiger partial charge in [0.15, 0.2) is 5.82 Å². The van der Waals surface area contributed by atoms with E-state index in [0.717, 1.165) is 0 Å². The predicted molar refractivity (Wildman–Crippen MR) is 45.6 cm³/mol. The van der Waals surface area contributed by atoms with Crippen LogP contribution in [-0.4, -0.2) is 24.5 Å². The van der Waals surface area contributed by atoms with Crippen LogP contribution >= 0.6 is 0 Å². The van der Waals surface area contributed by atoms with Crippen molar-refractivity contribution in [2.24, 2.45) is 7.05 Å². The lowest BCUT2D eigenvalue weighted by atomic mass is 10.6. The molecular weight excluding hydrogens is 186 g/mol. The number of aromatic nitrogens is 5. The highest BCUT2D eigenvalue weighted by Crippen LogP contribution is 1.96. The molecule has 2 heterocycles. The third-order valence-corrected chi connectivity index (χ3v) is 1.74. The molecule has 0 unspecified atom stereocenters. The van der Waals surface area contributed by atoms with Crippen molar-refractivity contribution in [3.05, 3.63) is 28.5 Å². The third kappa shape index (κ3) is 1.43. The lowest BCUT2D eigenvalue weighted by Gasteiger charge is -1.91. The van der Waals surface area contributed by atoms with Crippen molar-refractivity contribution in [1.82, 2.24) is 24.5 Å². The quantitative estimate of drug-likeness (QED) is 0.634. The summed E-state index contributed by atoms with van der Waals surface area (Å²) in [6, 6.07) is 0. The van der Waals surface area contributed by atoms with Crippen molar-refractivity contribution < 1.29 is 4.52 Å². The first kappa shape index (κ1) is 8.67. The molecule has 0 aliphatic heterocycles. The van der Waals surface area contributed by atoms with Crippen molar-refractivity contribution in [2.45, 2.75) is 13.5 Å². The van der Waals surface area contributed by atoms with E-state index in [1.807, 2.05) is 0 Å². The number of rotatable bonds is 2. The van der Waals surface area contributed by atoms with E-state index in [9.17, 15) is 4.79 Å². The van der Waals surface area contributed by atoms with Gasteiger partial charge in [-0.15, -0.1) is 0 Å². The van der Waals surface area contributed by atoms with Gasteiger partial charge in [0.1, 0.15) is 12.9 Å². The van der Waals surface area contributed by atoms with Gasteiger partial charge in [0.05, 0.1) is 0 Å². The normalized spacial score (nSPS) is 10.7. The molecule has 0 N–H and O–H groups in total. The van der Waals surface area contributed by atoms with Gasteiger partial charge in [0.2, 0.25) is 5.89 Å². The molecule has 0 fully saturated rings. The molecule has 7 nitrogen and oxygen atoms in total. The van der Waals surface area contributed by atoms with E-state index in [1.165, 1.54) is 15.6 Å². The second-order valence-corrected chi connectivity index (χ2v) is 2.92. The standard InChI is InChI=1S/C7H9N5O2/c1-5-9-6(14-10-5)3-12-7(13)11(2)4-8-12/h4H,3H2,1-2H3. The molecule has 2 rings (SSSR count). The molecule has 14 heavy (non-hydrogen) atoms. The van der Waals surface area contributed by atoms with E-state index < -0.39 is 0 Å². The van der Waals surface area contributed by atoms with Crippen molar-refractivity contribution >= 4 is 0 Å². The van der Waals surface area contributed by atoms with Crippen LogP contribution < -0.4 is 5.69 Å². The van der Waals surface area contributed by atoms with Gasteiger partial charge >= 0.3 is 5.69 Å². The Kier molecular flexibility index (Phi) is 1.91. The molecule has 0 saturated heterocycles. The number of hydrogen-bond acceptors (Lipinski definition) is 5. The van der Waals surface area contributed by atoms with E-state index in [2.05, 4.69) is 15.2 Å². The fourth-order valence-electron chi connectivity index (χ4n) is 1.06. The lowest BCUT2D eigenvalue weighted by Crippen LogP contribution is -2.23. The Morgan fingerprint density at radius 3 is 2.86 bits per heavy atom. The zero-order valence-corrected chi connectivity index (χ0v) is 7.84. The molecule has 0 atom stereocenters. The molecular formula is C7H9N5O2. The van der Waals surface area contributed by atoms with Gasteiger partial charge in [-0.1, -0.05) is 5.16 Å². The van der Waals surface area contributed by atoms with Crippen molar-refractivity contribution in [1.29, 1.82) is 0 Å². The zero-order valence-electron chi connectivity index (χ0n) is 7.84. The van der Waals surface area contributed by atoms with Crippen molar-refractivity contribution in [3.8, 4) is 0 Å². The summed E-state index contributed by atoms with van der Waals surface area (Å²) in [5.74, 6) is 0.923. The highest BCUT2D eigenvalue weighted by Gasteiger charge is 2.07. The van der Waals surface area contributed by atoms with Crippen molar-refractivity contribution in [2.75, 3.05) is 0 Å². The SMILES string of the molecule is Cc1noc(Cn2ncn(C)c2=O)n1. The molecule has 0 aromatic carbocycles. The largest absolute Gasteiger partial charge is 0.345 e. The van der Waals surface area contributed by atoms with Crippen LogP contribution in [0.15, 0.2) is 15.6 Å². The number of aryl methyl sites for hydroxylation is 2. The molecule has 0 spiro atoms. The maximum Gasteiger partial charge on any atom is 0.345 e. The first-order chi connectivity index (χ1) is 6.66. The molecule has 2 aromatic rings. The van der Waals surface area contributed by atoms with Crippen LogP contribution in [0.1, 0.15) is 11.7 Å². The van der Waals surface area contributed by atoms with E-state index in [1.54, 1.807) is 14.0 Å². The van der Waals surface area contributed by atoms with Crippen LogP contribution in [0, 0.1) is 6.92 Å². The van der Waals surface area contributed by atoms with Crippen LogP contribution in [0.2, 0.25) is 0 Å². The van der Waals surface area contributed by atoms with Crippen LogP contribution in [0.3, 0.4) is 0 Å². The second kappa shape index (κ2) is 3.09. The Bertz CT molecular complexity index is 494. The first-order valence-electron chi connectivity index (χ1n) is 4.04. The average Bonchev–Trinajstić information content (AvgIpc) is 2.67. The second-order valence-electron chi connectivity index (χ2n) is 2.92. The summed E-state index contributed by atoms with van der Waals surface area (Å²) in [5, 5.41) is 7.47. The Hall–Kier alpha value is -1.92. The molecule has 0 aliphatic carbocycles. The van der Waals surface area contributed by atoms with E-state index in [0.29, 0.717) is 11.7 Å². The summed E-state index contributed by atoms with van der Waals surface area (Å²) >= 11 is 0. The summed E-state index contributed by atoms with van der Waals surface area (Å²) in [4.78, 5) is 15.3. The van der Waals surface area contributed by atoms with Gasteiger partial charge in [0, 0.05) is 7.05 Å². The van der Waals surface area contributed by atoms with Crippen LogP contribution in [-0.2, 0) is 13.6 Å². The maximum absolute atomic E-state index is 11.4. The Labute approximate surface area is 79.0 Å². The predicted octanol–water partition coefficient (Wildman–Crippen LogP) is -0.678. The maximum atomic E-state index is 11.4. The molecule has 74 valence electrons. The molecule has 0 radical (unpaired) electrons. The topological polar surface area (TPSA) is 78.7 Å². The van der Waals surface area contributed by atoms with E-state index in [-0.39, 0.29) is 12.2 Å². The molecule has 2 aromatic heterocycles. The molecule has 0 aliphatic rings. The van der Waals surface area contributed by atoms with E-state index >= 15 is 0 Å². The van der Waals surface area contributed by atoms with Gasteiger partial charge in [-0.2, -0.15) is 10.1 Å². The first-order valence-corrected chi connectivity index (χ1v) is 4.04. The van der Waals surface area contributed by atoms with Crippen molar-refractivity contribution in [3.63, 3.8) is 0 Å². The van der Waals surface area contributed by atoms with Gasteiger partial charge in [-0.05, 0) is 6.92 Å². The third-order valence-electron chi connectivity index (χ3n) is 1.74. The Morgan fingerprint density at radius 2 is 2.36 bits per heavy atom.